The summed E-state index contributed by atoms with van der Waals surface area (Å²) in [4.78, 5) is 11.6. The van der Waals surface area contributed by atoms with Crippen molar-refractivity contribution in [2.24, 2.45) is 0 Å². The van der Waals surface area contributed by atoms with Crippen molar-refractivity contribution in [3.63, 3.8) is 0 Å². The average Bonchev–Trinajstić information content (AvgIpc) is 2.77. The molecule has 1 N–H and O–H groups in total. The molecule has 1 aromatic rings. The van der Waals surface area contributed by atoms with Crippen LogP contribution in [-0.4, -0.2) is 31.8 Å². The van der Waals surface area contributed by atoms with E-state index in [-0.39, 0.29) is 12.1 Å². The van der Waals surface area contributed by atoms with Crippen LogP contribution in [0.2, 0.25) is 0 Å². The Balaban J connectivity index is 2.20. The van der Waals surface area contributed by atoms with E-state index in [4.69, 9.17) is 9.47 Å². The molecule has 1 heterocycles. The fourth-order valence-corrected chi connectivity index (χ4v) is 2.24. The van der Waals surface area contributed by atoms with E-state index in [0.717, 1.165) is 24.3 Å². The van der Waals surface area contributed by atoms with Crippen molar-refractivity contribution in [3.05, 3.63) is 29.3 Å². The van der Waals surface area contributed by atoms with Gasteiger partial charge in [-0.15, -0.1) is 0 Å². The van der Waals surface area contributed by atoms with Crippen LogP contribution in [0.15, 0.2) is 18.2 Å². The van der Waals surface area contributed by atoms with Crippen molar-refractivity contribution < 1.29 is 14.3 Å². The molecule has 1 fully saturated rings. The lowest BCUT2D eigenvalue weighted by Gasteiger charge is -2.19. The number of ether oxygens (including phenoxy) is 2. The normalized spacial score (nSPS) is 22.8. The maximum absolute atomic E-state index is 11.6. The molecule has 0 bridgehead atoms. The monoisotopic (exact) mass is 249 g/mol. The molecule has 18 heavy (non-hydrogen) atoms. The molecule has 1 aromatic carbocycles. The highest BCUT2D eigenvalue weighted by Crippen LogP contribution is 2.24. The minimum Gasteiger partial charge on any atom is -0.465 e. The van der Waals surface area contributed by atoms with Crippen LogP contribution >= 0.6 is 0 Å². The topological polar surface area (TPSA) is 47.6 Å². The van der Waals surface area contributed by atoms with Gasteiger partial charge in [0.15, 0.2) is 0 Å². The quantitative estimate of drug-likeness (QED) is 0.835. The number of benzene rings is 1. The molecule has 2 unspecified atom stereocenters. The van der Waals surface area contributed by atoms with Gasteiger partial charge < -0.3 is 14.8 Å². The first-order chi connectivity index (χ1) is 8.63. The van der Waals surface area contributed by atoms with E-state index in [1.165, 1.54) is 7.11 Å². The van der Waals surface area contributed by atoms with Gasteiger partial charge in [-0.05, 0) is 38.0 Å². The zero-order chi connectivity index (χ0) is 13.1. The van der Waals surface area contributed by atoms with Crippen molar-refractivity contribution >= 4 is 11.7 Å². The second-order valence-electron chi connectivity index (χ2n) is 4.59. The Morgan fingerprint density at radius 2 is 2.28 bits per heavy atom. The summed E-state index contributed by atoms with van der Waals surface area (Å²) in [7, 11) is 1.40. The third-order valence-corrected chi connectivity index (χ3v) is 3.46. The van der Waals surface area contributed by atoms with Crippen LogP contribution in [0.4, 0.5) is 5.69 Å². The molecule has 2 atom stereocenters. The molecule has 1 aliphatic rings. The molecule has 4 nitrogen and oxygen atoms in total. The number of carbonyl (C=O) groups is 1. The smallest absolute Gasteiger partial charge is 0.338 e. The second kappa shape index (κ2) is 5.40. The largest absolute Gasteiger partial charge is 0.465 e. The lowest BCUT2D eigenvalue weighted by Crippen LogP contribution is -2.27. The number of hydrogen-bond acceptors (Lipinski definition) is 4. The maximum atomic E-state index is 11.6. The van der Waals surface area contributed by atoms with Crippen molar-refractivity contribution in [3.8, 4) is 0 Å². The maximum Gasteiger partial charge on any atom is 0.338 e. The lowest BCUT2D eigenvalue weighted by atomic mass is 10.0. The molecule has 0 amide bonds. The molecule has 98 valence electrons. The van der Waals surface area contributed by atoms with E-state index in [0.29, 0.717) is 11.6 Å². The van der Waals surface area contributed by atoms with Gasteiger partial charge in [0.2, 0.25) is 0 Å². The summed E-state index contributed by atoms with van der Waals surface area (Å²) in [6.07, 6.45) is 1.19. The van der Waals surface area contributed by atoms with E-state index >= 15 is 0 Å². The summed E-state index contributed by atoms with van der Waals surface area (Å²) < 4.78 is 10.3. The van der Waals surface area contributed by atoms with Crippen molar-refractivity contribution in [1.82, 2.24) is 0 Å². The predicted octanol–water partition coefficient (Wildman–Crippen LogP) is 2.37. The van der Waals surface area contributed by atoms with Crippen molar-refractivity contribution in [1.29, 1.82) is 0 Å². The van der Waals surface area contributed by atoms with Crippen molar-refractivity contribution in [2.75, 3.05) is 19.0 Å². The fraction of sp³-hybridized carbons (Fsp3) is 0.500. The van der Waals surface area contributed by atoms with E-state index in [1.54, 1.807) is 6.07 Å². The van der Waals surface area contributed by atoms with Gasteiger partial charge in [0.1, 0.15) is 0 Å². The van der Waals surface area contributed by atoms with Gasteiger partial charge in [0, 0.05) is 12.3 Å². The minimum atomic E-state index is -0.299. The van der Waals surface area contributed by atoms with Gasteiger partial charge in [0.05, 0.1) is 24.8 Å². The number of esters is 1. The third kappa shape index (κ3) is 2.48. The molecule has 0 radical (unpaired) electrons. The zero-order valence-electron chi connectivity index (χ0n) is 11.0. The molecule has 2 rings (SSSR count). The first-order valence-electron chi connectivity index (χ1n) is 6.19. The van der Waals surface area contributed by atoms with Crippen LogP contribution in [0.5, 0.6) is 0 Å². The number of rotatable bonds is 3. The van der Waals surface area contributed by atoms with E-state index in [1.807, 2.05) is 19.1 Å². The van der Waals surface area contributed by atoms with Crippen LogP contribution in [0.1, 0.15) is 29.3 Å². The molecule has 1 saturated heterocycles. The zero-order valence-corrected chi connectivity index (χ0v) is 11.0. The molecule has 4 heteroatoms. The van der Waals surface area contributed by atoms with E-state index in [2.05, 4.69) is 12.2 Å². The molecular weight excluding hydrogens is 230 g/mol. The molecule has 1 aliphatic heterocycles. The highest BCUT2D eigenvalue weighted by atomic mass is 16.5. The first kappa shape index (κ1) is 12.9. The number of hydrogen-bond donors (Lipinski definition) is 1. The Labute approximate surface area is 107 Å². The van der Waals surface area contributed by atoms with Crippen LogP contribution in [0.25, 0.3) is 0 Å². The van der Waals surface area contributed by atoms with Crippen LogP contribution in [0, 0.1) is 6.92 Å². The molecule has 0 spiro atoms. The van der Waals surface area contributed by atoms with Gasteiger partial charge in [-0.25, -0.2) is 4.79 Å². The number of methoxy groups -OCH3 is 1. The molecule has 0 saturated carbocycles. The van der Waals surface area contributed by atoms with Gasteiger partial charge in [-0.3, -0.25) is 0 Å². The number of nitrogens with one attached hydrogen (secondary N) is 1. The summed E-state index contributed by atoms with van der Waals surface area (Å²) in [5.74, 6) is -0.299. The van der Waals surface area contributed by atoms with Gasteiger partial charge in [-0.1, -0.05) is 6.07 Å². The Hall–Kier alpha value is -1.55. The Bertz CT molecular complexity index is 445. The summed E-state index contributed by atoms with van der Waals surface area (Å²) in [6.45, 7) is 4.77. The van der Waals surface area contributed by atoms with Gasteiger partial charge in [-0.2, -0.15) is 0 Å². The third-order valence-electron chi connectivity index (χ3n) is 3.46. The molecular formula is C14H19NO3. The Morgan fingerprint density at radius 1 is 1.50 bits per heavy atom. The van der Waals surface area contributed by atoms with Gasteiger partial charge >= 0.3 is 5.97 Å². The van der Waals surface area contributed by atoms with Crippen LogP contribution in [0.3, 0.4) is 0 Å². The predicted molar refractivity (Wildman–Crippen MR) is 70.0 cm³/mol. The van der Waals surface area contributed by atoms with Crippen molar-refractivity contribution in [2.45, 2.75) is 32.4 Å². The molecule has 0 aromatic heterocycles. The fourth-order valence-electron chi connectivity index (χ4n) is 2.24. The number of anilines is 1. The molecule has 0 aliphatic carbocycles. The SMILES string of the molecule is COC(=O)c1cccc(NC2CCOC2C)c1C. The number of carbonyl (C=O) groups excluding carboxylic acids is 1. The second-order valence-corrected chi connectivity index (χ2v) is 4.59. The average molecular weight is 249 g/mol. The Morgan fingerprint density at radius 3 is 2.89 bits per heavy atom. The Kier molecular flexibility index (Phi) is 3.87. The van der Waals surface area contributed by atoms with E-state index < -0.39 is 0 Å². The van der Waals surface area contributed by atoms with Crippen LogP contribution < -0.4 is 5.32 Å². The summed E-state index contributed by atoms with van der Waals surface area (Å²) in [5, 5.41) is 3.45. The first-order valence-corrected chi connectivity index (χ1v) is 6.19. The minimum absolute atomic E-state index is 0.200. The summed E-state index contributed by atoms with van der Waals surface area (Å²) >= 11 is 0. The van der Waals surface area contributed by atoms with E-state index in [9.17, 15) is 4.79 Å². The summed E-state index contributed by atoms with van der Waals surface area (Å²) in [6, 6.07) is 5.92. The van der Waals surface area contributed by atoms with Crippen LogP contribution in [-0.2, 0) is 9.47 Å². The standard InChI is InChI=1S/C14H19NO3/c1-9-11(14(16)17-3)5-4-6-12(9)15-13-7-8-18-10(13)2/h4-6,10,13,15H,7-8H2,1-3H3. The van der Waals surface area contributed by atoms with Gasteiger partial charge in [0.25, 0.3) is 0 Å². The lowest BCUT2D eigenvalue weighted by molar-refractivity contribution is 0.0600. The summed E-state index contributed by atoms with van der Waals surface area (Å²) in [5.41, 5.74) is 2.50. The highest BCUT2D eigenvalue weighted by Gasteiger charge is 2.24. The highest BCUT2D eigenvalue weighted by molar-refractivity contribution is 5.92.